The minimum Gasteiger partial charge on any atom is -0.322 e. The summed E-state index contributed by atoms with van der Waals surface area (Å²) in [6.45, 7) is 2.23. The summed E-state index contributed by atoms with van der Waals surface area (Å²) in [4.78, 5) is 1.57. The van der Waals surface area contributed by atoms with Crippen LogP contribution in [0.4, 0.5) is 0 Å². The maximum absolute atomic E-state index is 6.15. The summed E-state index contributed by atoms with van der Waals surface area (Å²) in [7, 11) is 1.82. The van der Waals surface area contributed by atoms with Crippen LogP contribution in [0.2, 0.25) is 0 Å². The van der Waals surface area contributed by atoms with Crippen molar-refractivity contribution in [1.82, 2.24) is 15.0 Å². The molecule has 0 spiro atoms. The van der Waals surface area contributed by atoms with E-state index in [2.05, 4.69) is 17.1 Å². The Morgan fingerprint density at radius 1 is 1.57 bits per heavy atom. The van der Waals surface area contributed by atoms with Crippen molar-refractivity contribution in [2.24, 2.45) is 24.6 Å². The zero-order valence-corrected chi connectivity index (χ0v) is 8.85. The van der Waals surface area contributed by atoms with Crippen molar-refractivity contribution < 1.29 is 0 Å². The van der Waals surface area contributed by atoms with Crippen LogP contribution in [0.1, 0.15) is 37.9 Å². The molecular formula is C10H18N4. The van der Waals surface area contributed by atoms with Crippen molar-refractivity contribution in [3.63, 3.8) is 0 Å². The number of nitrogens with zero attached hydrogens (tertiary/aromatic N) is 3. The molecule has 0 radical (unpaired) electrons. The third kappa shape index (κ3) is 1.66. The van der Waals surface area contributed by atoms with Crippen LogP contribution in [0, 0.1) is 11.8 Å². The minimum absolute atomic E-state index is 0.0500. The number of aryl methyl sites for hydroxylation is 1. The first-order chi connectivity index (χ1) is 6.68. The van der Waals surface area contributed by atoms with E-state index in [1.54, 1.807) is 11.0 Å². The Hall–Kier alpha value is -0.900. The highest BCUT2D eigenvalue weighted by atomic mass is 15.4. The Kier molecular flexibility index (Phi) is 2.54. The number of aromatic nitrogens is 3. The molecule has 1 fully saturated rings. The lowest BCUT2D eigenvalue weighted by atomic mass is 9.73. The molecule has 0 amide bonds. The second-order valence-corrected chi connectivity index (χ2v) is 4.33. The van der Waals surface area contributed by atoms with E-state index in [1.165, 1.54) is 19.3 Å². The molecule has 1 heterocycles. The first-order valence-electron chi connectivity index (χ1n) is 5.30. The van der Waals surface area contributed by atoms with Gasteiger partial charge in [-0.3, -0.25) is 0 Å². The molecule has 0 aliphatic heterocycles. The standard InChI is InChI=1S/C10H18N4/c1-7(8-4-3-5-8)10(11)9-6-12-14(2)13-9/h6-8,10H,3-5,11H2,1-2H3. The molecule has 1 aliphatic rings. The first-order valence-corrected chi connectivity index (χ1v) is 5.30. The van der Waals surface area contributed by atoms with Gasteiger partial charge in [0.1, 0.15) is 0 Å². The van der Waals surface area contributed by atoms with Gasteiger partial charge in [-0.05, 0) is 11.8 Å². The summed E-state index contributed by atoms with van der Waals surface area (Å²) in [6, 6.07) is 0.0500. The van der Waals surface area contributed by atoms with Gasteiger partial charge in [-0.1, -0.05) is 26.2 Å². The first kappa shape index (κ1) is 9.65. The van der Waals surface area contributed by atoms with Gasteiger partial charge in [0.05, 0.1) is 17.9 Å². The fraction of sp³-hybridized carbons (Fsp3) is 0.800. The summed E-state index contributed by atoms with van der Waals surface area (Å²) < 4.78 is 0. The smallest absolute Gasteiger partial charge is 0.0996 e. The van der Waals surface area contributed by atoms with Gasteiger partial charge in [0.25, 0.3) is 0 Å². The molecule has 0 aromatic carbocycles. The van der Waals surface area contributed by atoms with Gasteiger partial charge in [0.2, 0.25) is 0 Å². The largest absolute Gasteiger partial charge is 0.322 e. The van der Waals surface area contributed by atoms with Crippen LogP contribution in [0.3, 0.4) is 0 Å². The maximum atomic E-state index is 6.15. The topological polar surface area (TPSA) is 56.7 Å². The second kappa shape index (κ2) is 3.69. The van der Waals surface area contributed by atoms with Crippen LogP contribution >= 0.6 is 0 Å². The fourth-order valence-electron chi connectivity index (χ4n) is 2.04. The van der Waals surface area contributed by atoms with Crippen molar-refractivity contribution in [2.45, 2.75) is 32.2 Å². The van der Waals surface area contributed by atoms with Crippen LogP contribution < -0.4 is 5.73 Å². The predicted molar refractivity (Wildman–Crippen MR) is 54.4 cm³/mol. The summed E-state index contributed by atoms with van der Waals surface area (Å²) in [6.07, 6.45) is 5.80. The molecule has 78 valence electrons. The van der Waals surface area contributed by atoms with Gasteiger partial charge in [0, 0.05) is 7.05 Å². The zero-order valence-electron chi connectivity index (χ0n) is 8.85. The highest BCUT2D eigenvalue weighted by molar-refractivity contribution is 5.02. The van der Waals surface area contributed by atoms with E-state index >= 15 is 0 Å². The van der Waals surface area contributed by atoms with Crippen LogP contribution in [-0.2, 0) is 7.05 Å². The van der Waals surface area contributed by atoms with Gasteiger partial charge in [-0.15, -0.1) is 0 Å². The van der Waals surface area contributed by atoms with Gasteiger partial charge >= 0.3 is 0 Å². The Morgan fingerprint density at radius 3 is 2.71 bits per heavy atom. The second-order valence-electron chi connectivity index (χ2n) is 4.33. The molecule has 1 saturated carbocycles. The molecule has 1 aromatic heterocycles. The fourth-order valence-corrected chi connectivity index (χ4v) is 2.04. The molecule has 14 heavy (non-hydrogen) atoms. The number of rotatable bonds is 3. The molecular weight excluding hydrogens is 176 g/mol. The van der Waals surface area contributed by atoms with Crippen molar-refractivity contribution in [3.8, 4) is 0 Å². The van der Waals surface area contributed by atoms with E-state index in [0.717, 1.165) is 11.6 Å². The zero-order chi connectivity index (χ0) is 10.1. The molecule has 2 N–H and O–H groups in total. The lowest BCUT2D eigenvalue weighted by Gasteiger charge is -2.34. The Labute approximate surface area is 84.5 Å². The molecule has 0 bridgehead atoms. The van der Waals surface area contributed by atoms with Gasteiger partial charge in [-0.25, -0.2) is 0 Å². The maximum Gasteiger partial charge on any atom is 0.0996 e. The average molecular weight is 194 g/mol. The highest BCUT2D eigenvalue weighted by Gasteiger charge is 2.29. The van der Waals surface area contributed by atoms with Crippen LogP contribution in [0.25, 0.3) is 0 Å². The number of hydrogen-bond acceptors (Lipinski definition) is 3. The lowest BCUT2D eigenvalue weighted by Crippen LogP contribution is -2.30. The van der Waals surface area contributed by atoms with E-state index in [0.29, 0.717) is 5.92 Å². The number of nitrogens with two attached hydrogens (primary N) is 1. The van der Waals surface area contributed by atoms with Crippen molar-refractivity contribution >= 4 is 0 Å². The summed E-state index contributed by atoms with van der Waals surface area (Å²) >= 11 is 0. The molecule has 1 aromatic rings. The van der Waals surface area contributed by atoms with Crippen molar-refractivity contribution in [2.75, 3.05) is 0 Å². The normalized spacial score (nSPS) is 21.6. The lowest BCUT2D eigenvalue weighted by molar-refractivity contribution is 0.191. The van der Waals surface area contributed by atoms with Crippen molar-refractivity contribution in [3.05, 3.63) is 11.9 Å². The molecule has 2 rings (SSSR count). The van der Waals surface area contributed by atoms with Crippen molar-refractivity contribution in [1.29, 1.82) is 0 Å². The Bertz CT molecular complexity index is 303. The van der Waals surface area contributed by atoms with E-state index in [4.69, 9.17) is 5.73 Å². The monoisotopic (exact) mass is 194 g/mol. The molecule has 1 aliphatic carbocycles. The Morgan fingerprint density at radius 2 is 2.29 bits per heavy atom. The number of hydrogen-bond donors (Lipinski definition) is 1. The highest BCUT2D eigenvalue weighted by Crippen LogP contribution is 2.37. The quantitative estimate of drug-likeness (QED) is 0.788. The van der Waals surface area contributed by atoms with E-state index < -0.39 is 0 Å². The van der Waals surface area contributed by atoms with E-state index in [9.17, 15) is 0 Å². The Balaban J connectivity index is 2.03. The summed E-state index contributed by atoms with van der Waals surface area (Å²) in [5.74, 6) is 1.33. The van der Waals surface area contributed by atoms with Crippen LogP contribution in [0.15, 0.2) is 6.20 Å². The summed E-state index contributed by atoms with van der Waals surface area (Å²) in [5, 5.41) is 8.30. The molecule has 4 nitrogen and oxygen atoms in total. The minimum atomic E-state index is 0.0500. The van der Waals surface area contributed by atoms with Crippen LogP contribution in [-0.4, -0.2) is 15.0 Å². The third-order valence-corrected chi connectivity index (χ3v) is 3.42. The third-order valence-electron chi connectivity index (χ3n) is 3.42. The summed E-state index contributed by atoms with van der Waals surface area (Å²) in [5.41, 5.74) is 7.07. The SMILES string of the molecule is CC(C1CCC1)C(N)c1cnn(C)n1. The van der Waals surface area contributed by atoms with Gasteiger partial charge in [-0.2, -0.15) is 15.0 Å². The van der Waals surface area contributed by atoms with Crippen LogP contribution in [0.5, 0.6) is 0 Å². The van der Waals surface area contributed by atoms with Gasteiger partial charge in [0.15, 0.2) is 0 Å². The molecule has 2 atom stereocenters. The van der Waals surface area contributed by atoms with E-state index in [-0.39, 0.29) is 6.04 Å². The van der Waals surface area contributed by atoms with Gasteiger partial charge < -0.3 is 5.73 Å². The predicted octanol–water partition coefficient (Wildman–Crippen LogP) is 1.25. The average Bonchev–Trinajstić information content (AvgIpc) is 2.47. The molecule has 0 saturated heterocycles. The molecule has 4 heteroatoms. The van der Waals surface area contributed by atoms with E-state index in [1.807, 2.05) is 7.05 Å². The molecule has 2 unspecified atom stereocenters.